The highest BCUT2D eigenvalue weighted by molar-refractivity contribution is 5.32. The van der Waals surface area contributed by atoms with Crippen molar-refractivity contribution in [2.45, 2.75) is 12.8 Å². The SMILES string of the molecule is CNCC/C=C/Cc1cccc(OC)c1F. The van der Waals surface area contributed by atoms with Crippen LogP contribution in [0.1, 0.15) is 12.0 Å². The Kier molecular flexibility index (Phi) is 5.57. The molecule has 1 rings (SSSR count). The quantitative estimate of drug-likeness (QED) is 0.591. The van der Waals surface area contributed by atoms with E-state index in [1.807, 2.05) is 13.1 Å². The first-order chi connectivity index (χ1) is 7.79. The van der Waals surface area contributed by atoms with Crippen molar-refractivity contribution in [3.8, 4) is 5.75 Å². The number of ether oxygens (including phenoxy) is 1. The fourth-order valence-corrected chi connectivity index (χ4v) is 1.43. The molecule has 0 atom stereocenters. The van der Waals surface area contributed by atoms with Crippen molar-refractivity contribution in [2.24, 2.45) is 0 Å². The summed E-state index contributed by atoms with van der Waals surface area (Å²) in [6.45, 7) is 0.942. The molecule has 0 aliphatic carbocycles. The van der Waals surface area contributed by atoms with Crippen LogP contribution in [0.15, 0.2) is 30.4 Å². The summed E-state index contributed by atoms with van der Waals surface area (Å²) in [5.74, 6) is 0.0457. The average molecular weight is 223 g/mol. The summed E-state index contributed by atoms with van der Waals surface area (Å²) in [7, 11) is 3.39. The van der Waals surface area contributed by atoms with E-state index in [9.17, 15) is 4.39 Å². The molecule has 3 heteroatoms. The summed E-state index contributed by atoms with van der Waals surface area (Å²) in [5.41, 5.74) is 0.667. The van der Waals surface area contributed by atoms with E-state index in [1.165, 1.54) is 7.11 Å². The van der Waals surface area contributed by atoms with Crippen LogP contribution in [-0.2, 0) is 6.42 Å². The Labute approximate surface area is 96.1 Å². The molecule has 1 aromatic rings. The van der Waals surface area contributed by atoms with Crippen LogP contribution in [-0.4, -0.2) is 20.7 Å². The molecular weight excluding hydrogens is 205 g/mol. The van der Waals surface area contributed by atoms with Crippen LogP contribution in [0.3, 0.4) is 0 Å². The molecule has 0 spiro atoms. The normalized spacial score (nSPS) is 10.9. The molecule has 1 aromatic carbocycles. The minimum atomic E-state index is -0.261. The first-order valence-corrected chi connectivity index (χ1v) is 5.40. The summed E-state index contributed by atoms with van der Waals surface area (Å²) in [6, 6.07) is 5.21. The van der Waals surface area contributed by atoms with Gasteiger partial charge in [0.05, 0.1) is 7.11 Å². The third-order valence-electron chi connectivity index (χ3n) is 2.33. The molecule has 88 valence electrons. The van der Waals surface area contributed by atoms with Crippen LogP contribution >= 0.6 is 0 Å². The van der Waals surface area contributed by atoms with Gasteiger partial charge in [-0.2, -0.15) is 0 Å². The van der Waals surface area contributed by atoms with E-state index in [2.05, 4.69) is 11.4 Å². The number of nitrogens with one attached hydrogen (secondary N) is 1. The monoisotopic (exact) mass is 223 g/mol. The molecule has 0 aromatic heterocycles. The summed E-state index contributed by atoms with van der Waals surface area (Å²) >= 11 is 0. The van der Waals surface area contributed by atoms with Crippen LogP contribution < -0.4 is 10.1 Å². The highest BCUT2D eigenvalue weighted by Crippen LogP contribution is 2.20. The van der Waals surface area contributed by atoms with Gasteiger partial charge in [0, 0.05) is 0 Å². The largest absolute Gasteiger partial charge is 0.494 e. The Morgan fingerprint density at radius 3 is 2.88 bits per heavy atom. The number of rotatable bonds is 6. The molecule has 0 aliphatic rings. The van der Waals surface area contributed by atoms with Crippen molar-refractivity contribution in [3.05, 3.63) is 41.7 Å². The van der Waals surface area contributed by atoms with Gasteiger partial charge in [-0.3, -0.25) is 0 Å². The molecule has 0 unspecified atom stereocenters. The Balaban J connectivity index is 2.57. The maximum absolute atomic E-state index is 13.7. The van der Waals surface area contributed by atoms with Gasteiger partial charge in [0.25, 0.3) is 0 Å². The van der Waals surface area contributed by atoms with Crippen LogP contribution in [0, 0.1) is 5.82 Å². The van der Waals surface area contributed by atoms with E-state index >= 15 is 0 Å². The first kappa shape index (κ1) is 12.7. The molecule has 0 aliphatic heterocycles. The van der Waals surface area contributed by atoms with E-state index in [0.717, 1.165) is 13.0 Å². The van der Waals surface area contributed by atoms with E-state index < -0.39 is 0 Å². The zero-order valence-electron chi connectivity index (χ0n) is 9.79. The van der Waals surface area contributed by atoms with Gasteiger partial charge in [0.1, 0.15) is 0 Å². The van der Waals surface area contributed by atoms with Gasteiger partial charge in [-0.25, -0.2) is 4.39 Å². The Morgan fingerprint density at radius 1 is 1.38 bits per heavy atom. The van der Waals surface area contributed by atoms with Crippen LogP contribution in [0.4, 0.5) is 4.39 Å². The van der Waals surface area contributed by atoms with E-state index in [0.29, 0.717) is 17.7 Å². The molecule has 16 heavy (non-hydrogen) atoms. The Hall–Kier alpha value is -1.35. The van der Waals surface area contributed by atoms with Gasteiger partial charge in [-0.1, -0.05) is 24.3 Å². The molecule has 0 saturated heterocycles. The Bertz CT molecular complexity index is 350. The van der Waals surface area contributed by atoms with Crippen LogP contribution in [0.25, 0.3) is 0 Å². The van der Waals surface area contributed by atoms with Gasteiger partial charge in [0.15, 0.2) is 11.6 Å². The summed E-state index contributed by atoms with van der Waals surface area (Å²) in [6.07, 6.45) is 5.60. The molecule has 0 radical (unpaired) electrons. The van der Waals surface area contributed by atoms with Gasteiger partial charge < -0.3 is 10.1 Å². The van der Waals surface area contributed by atoms with E-state index in [1.54, 1.807) is 18.2 Å². The van der Waals surface area contributed by atoms with Crippen molar-refractivity contribution < 1.29 is 9.13 Å². The minimum absolute atomic E-state index is 0.261. The maximum Gasteiger partial charge on any atom is 0.168 e. The predicted molar refractivity (Wildman–Crippen MR) is 64.3 cm³/mol. The smallest absolute Gasteiger partial charge is 0.168 e. The minimum Gasteiger partial charge on any atom is -0.494 e. The molecular formula is C13H18FNO. The average Bonchev–Trinajstić information content (AvgIpc) is 2.31. The fourth-order valence-electron chi connectivity index (χ4n) is 1.43. The second-order valence-corrected chi connectivity index (χ2v) is 3.50. The zero-order chi connectivity index (χ0) is 11.8. The van der Waals surface area contributed by atoms with Crippen molar-refractivity contribution >= 4 is 0 Å². The number of methoxy groups -OCH3 is 1. The molecule has 0 heterocycles. The standard InChI is InChI=1S/C13H18FNO/c1-15-10-5-3-4-7-11-8-6-9-12(16-2)13(11)14/h3-4,6,8-9,15H,5,7,10H2,1-2H3/b4-3+. The maximum atomic E-state index is 13.7. The third-order valence-corrected chi connectivity index (χ3v) is 2.33. The zero-order valence-corrected chi connectivity index (χ0v) is 9.79. The van der Waals surface area contributed by atoms with Crippen LogP contribution in [0.5, 0.6) is 5.75 Å². The number of benzene rings is 1. The third kappa shape index (κ3) is 3.66. The van der Waals surface area contributed by atoms with Crippen molar-refractivity contribution in [2.75, 3.05) is 20.7 Å². The lowest BCUT2D eigenvalue weighted by atomic mass is 10.1. The first-order valence-electron chi connectivity index (χ1n) is 5.40. The summed E-state index contributed by atoms with van der Waals surface area (Å²) in [4.78, 5) is 0. The lowest BCUT2D eigenvalue weighted by Crippen LogP contribution is -2.05. The molecule has 1 N–H and O–H groups in total. The fraction of sp³-hybridized carbons (Fsp3) is 0.385. The van der Waals surface area contributed by atoms with Crippen molar-refractivity contribution in [1.82, 2.24) is 5.32 Å². The highest BCUT2D eigenvalue weighted by atomic mass is 19.1. The second kappa shape index (κ2) is 7.01. The predicted octanol–water partition coefficient (Wildman–Crippen LogP) is 2.54. The van der Waals surface area contributed by atoms with Crippen molar-refractivity contribution in [3.63, 3.8) is 0 Å². The van der Waals surface area contributed by atoms with Gasteiger partial charge >= 0.3 is 0 Å². The van der Waals surface area contributed by atoms with E-state index in [4.69, 9.17) is 4.74 Å². The lowest BCUT2D eigenvalue weighted by Gasteiger charge is -2.04. The van der Waals surface area contributed by atoms with Crippen LogP contribution in [0.2, 0.25) is 0 Å². The summed E-state index contributed by atoms with van der Waals surface area (Å²) in [5, 5.41) is 3.05. The van der Waals surface area contributed by atoms with E-state index in [-0.39, 0.29) is 5.82 Å². The number of hydrogen-bond donors (Lipinski definition) is 1. The van der Waals surface area contributed by atoms with Gasteiger partial charge in [0.2, 0.25) is 0 Å². The molecule has 0 fully saturated rings. The lowest BCUT2D eigenvalue weighted by molar-refractivity contribution is 0.384. The number of allylic oxidation sites excluding steroid dienone is 1. The molecule has 2 nitrogen and oxygen atoms in total. The topological polar surface area (TPSA) is 21.3 Å². The number of halogens is 1. The molecule has 0 saturated carbocycles. The Morgan fingerprint density at radius 2 is 2.19 bits per heavy atom. The highest BCUT2D eigenvalue weighted by Gasteiger charge is 2.05. The molecule has 0 bridgehead atoms. The summed E-state index contributed by atoms with van der Waals surface area (Å²) < 4.78 is 18.6. The van der Waals surface area contributed by atoms with Gasteiger partial charge in [-0.15, -0.1) is 0 Å². The van der Waals surface area contributed by atoms with Crippen molar-refractivity contribution in [1.29, 1.82) is 0 Å². The molecule has 0 amide bonds. The second-order valence-electron chi connectivity index (χ2n) is 3.50. The number of hydrogen-bond acceptors (Lipinski definition) is 2. The van der Waals surface area contributed by atoms with Gasteiger partial charge in [-0.05, 0) is 38.1 Å².